The Morgan fingerprint density at radius 3 is 2.62 bits per heavy atom. The Kier molecular flexibility index (Phi) is 5.95. The fourth-order valence-electron chi connectivity index (χ4n) is 2.43. The average Bonchev–Trinajstić information content (AvgIpc) is 2.55. The van der Waals surface area contributed by atoms with Crippen molar-refractivity contribution in [2.24, 2.45) is 0 Å². The molecule has 0 aromatic heterocycles. The van der Waals surface area contributed by atoms with Crippen LogP contribution in [0.4, 0.5) is 0 Å². The molecule has 2 aromatic rings. The molecule has 2 N–H and O–H groups in total. The number of aliphatic carboxylic acids is 1. The van der Waals surface area contributed by atoms with Gasteiger partial charge >= 0.3 is 5.97 Å². The fourth-order valence-corrected chi connectivity index (χ4v) is 2.43. The maximum atomic E-state index is 12.3. The van der Waals surface area contributed by atoms with Gasteiger partial charge in [-0.05, 0) is 37.6 Å². The van der Waals surface area contributed by atoms with Gasteiger partial charge in [-0.2, -0.15) is 0 Å². The van der Waals surface area contributed by atoms with Crippen LogP contribution in [0.3, 0.4) is 0 Å². The maximum Gasteiger partial charge on any atom is 0.305 e. The van der Waals surface area contributed by atoms with E-state index in [9.17, 15) is 9.59 Å². The smallest absolute Gasteiger partial charge is 0.305 e. The highest BCUT2D eigenvalue weighted by atomic mass is 16.5. The molecule has 2 aromatic carbocycles. The monoisotopic (exact) mass is 327 g/mol. The number of carboxylic acids is 1. The molecule has 24 heavy (non-hydrogen) atoms. The molecule has 1 atom stereocenters. The Labute approximate surface area is 141 Å². The Hall–Kier alpha value is -2.82. The average molecular weight is 327 g/mol. The first-order chi connectivity index (χ1) is 11.5. The van der Waals surface area contributed by atoms with E-state index < -0.39 is 12.0 Å². The lowest BCUT2D eigenvalue weighted by molar-refractivity contribution is -0.137. The van der Waals surface area contributed by atoms with E-state index >= 15 is 0 Å². The van der Waals surface area contributed by atoms with Gasteiger partial charge in [0.05, 0.1) is 13.0 Å². The topological polar surface area (TPSA) is 75.6 Å². The number of carbonyl (C=O) groups excluding carboxylic acids is 1. The van der Waals surface area contributed by atoms with Gasteiger partial charge in [-0.15, -0.1) is 0 Å². The normalized spacial score (nSPS) is 11.6. The lowest BCUT2D eigenvalue weighted by atomic mass is 10.0. The summed E-state index contributed by atoms with van der Waals surface area (Å²) in [6.07, 6.45) is -0.112. The van der Waals surface area contributed by atoms with E-state index in [0.29, 0.717) is 12.2 Å². The predicted molar refractivity (Wildman–Crippen MR) is 92.2 cm³/mol. The third kappa shape index (κ3) is 4.59. The van der Waals surface area contributed by atoms with Crippen LogP contribution in [-0.4, -0.2) is 29.6 Å². The molecule has 0 bridgehead atoms. The number of carbonyl (C=O) groups is 2. The standard InChI is InChI=1S/C19H21NO4/c1-3-24-17-10-5-4-9-16(17)14-7-6-8-15(12-14)19(23)20-13(2)11-18(21)22/h4-10,12-13H,3,11H2,1-2H3,(H,20,23)(H,21,22). The minimum Gasteiger partial charge on any atom is -0.493 e. The van der Waals surface area contributed by atoms with Gasteiger partial charge in [-0.1, -0.05) is 30.3 Å². The summed E-state index contributed by atoms with van der Waals surface area (Å²) < 4.78 is 5.63. The van der Waals surface area contributed by atoms with E-state index in [2.05, 4.69) is 5.32 Å². The molecule has 0 heterocycles. The van der Waals surface area contributed by atoms with Crippen molar-refractivity contribution >= 4 is 11.9 Å². The van der Waals surface area contributed by atoms with Crippen LogP contribution in [0, 0.1) is 0 Å². The third-order valence-electron chi connectivity index (χ3n) is 3.48. The second kappa shape index (κ2) is 8.15. The zero-order valence-corrected chi connectivity index (χ0v) is 13.8. The van der Waals surface area contributed by atoms with Gasteiger partial charge in [0.1, 0.15) is 5.75 Å². The number of hydrogen-bond acceptors (Lipinski definition) is 3. The number of benzene rings is 2. The van der Waals surface area contributed by atoms with Crippen molar-refractivity contribution in [3.8, 4) is 16.9 Å². The summed E-state index contributed by atoms with van der Waals surface area (Å²) in [5.41, 5.74) is 2.27. The van der Waals surface area contributed by atoms with Crippen molar-refractivity contribution in [1.82, 2.24) is 5.32 Å². The van der Waals surface area contributed by atoms with Crippen molar-refractivity contribution in [1.29, 1.82) is 0 Å². The predicted octanol–water partition coefficient (Wildman–Crippen LogP) is 3.35. The highest BCUT2D eigenvalue weighted by molar-refractivity contribution is 5.96. The summed E-state index contributed by atoms with van der Waals surface area (Å²) in [6.45, 7) is 4.15. The molecule has 5 nitrogen and oxygen atoms in total. The highest BCUT2D eigenvalue weighted by Gasteiger charge is 2.14. The van der Waals surface area contributed by atoms with Crippen molar-refractivity contribution in [3.05, 3.63) is 54.1 Å². The lowest BCUT2D eigenvalue weighted by Gasteiger charge is -2.13. The van der Waals surface area contributed by atoms with Crippen LogP contribution in [-0.2, 0) is 4.79 Å². The summed E-state index contributed by atoms with van der Waals surface area (Å²) in [5, 5.41) is 11.5. The molecule has 2 rings (SSSR count). The van der Waals surface area contributed by atoms with Crippen LogP contribution in [0.25, 0.3) is 11.1 Å². The molecule has 0 aliphatic rings. The number of ether oxygens (including phenoxy) is 1. The molecule has 0 spiro atoms. The van der Waals surface area contributed by atoms with E-state index in [1.165, 1.54) is 0 Å². The van der Waals surface area contributed by atoms with Crippen molar-refractivity contribution in [3.63, 3.8) is 0 Å². The molecule has 5 heteroatoms. The molecule has 0 aliphatic heterocycles. The van der Waals surface area contributed by atoms with Crippen LogP contribution < -0.4 is 10.1 Å². The zero-order chi connectivity index (χ0) is 17.5. The third-order valence-corrected chi connectivity index (χ3v) is 3.48. The zero-order valence-electron chi connectivity index (χ0n) is 13.8. The van der Waals surface area contributed by atoms with E-state index in [-0.39, 0.29) is 12.3 Å². The van der Waals surface area contributed by atoms with Crippen LogP contribution in [0.2, 0.25) is 0 Å². The molecule has 0 saturated heterocycles. The van der Waals surface area contributed by atoms with E-state index in [1.807, 2.05) is 37.3 Å². The van der Waals surface area contributed by atoms with Gasteiger partial charge in [0.15, 0.2) is 0 Å². The SMILES string of the molecule is CCOc1ccccc1-c1cccc(C(=O)NC(C)CC(=O)O)c1. The van der Waals surface area contributed by atoms with Gasteiger partial charge < -0.3 is 15.2 Å². The largest absolute Gasteiger partial charge is 0.493 e. The second-order valence-corrected chi connectivity index (χ2v) is 5.48. The van der Waals surface area contributed by atoms with Crippen LogP contribution >= 0.6 is 0 Å². The molecule has 0 aliphatic carbocycles. The first kappa shape index (κ1) is 17.5. The second-order valence-electron chi connectivity index (χ2n) is 5.48. The number of amides is 1. The van der Waals surface area contributed by atoms with Crippen molar-refractivity contribution < 1.29 is 19.4 Å². The number of para-hydroxylation sites is 1. The Morgan fingerprint density at radius 2 is 1.92 bits per heavy atom. The maximum absolute atomic E-state index is 12.3. The first-order valence-corrected chi connectivity index (χ1v) is 7.86. The van der Waals surface area contributed by atoms with Gasteiger partial charge in [-0.3, -0.25) is 9.59 Å². The van der Waals surface area contributed by atoms with Gasteiger partial charge in [-0.25, -0.2) is 0 Å². The van der Waals surface area contributed by atoms with Crippen molar-refractivity contribution in [2.45, 2.75) is 26.3 Å². The fraction of sp³-hybridized carbons (Fsp3) is 0.263. The lowest BCUT2D eigenvalue weighted by Crippen LogP contribution is -2.34. The molecule has 126 valence electrons. The van der Waals surface area contributed by atoms with Crippen molar-refractivity contribution in [2.75, 3.05) is 6.61 Å². The number of hydrogen-bond donors (Lipinski definition) is 2. The number of carboxylic acid groups (broad SMARTS) is 1. The van der Waals surface area contributed by atoms with Crippen LogP contribution in [0.15, 0.2) is 48.5 Å². The van der Waals surface area contributed by atoms with Crippen LogP contribution in [0.1, 0.15) is 30.6 Å². The molecule has 1 unspecified atom stereocenters. The number of rotatable bonds is 7. The summed E-state index contributed by atoms with van der Waals surface area (Å²) in [6, 6.07) is 14.4. The molecular formula is C19H21NO4. The first-order valence-electron chi connectivity index (χ1n) is 7.86. The minimum absolute atomic E-state index is 0.112. The highest BCUT2D eigenvalue weighted by Crippen LogP contribution is 2.30. The minimum atomic E-state index is -0.942. The van der Waals surface area contributed by atoms with Gasteiger partial charge in [0, 0.05) is 17.2 Å². The summed E-state index contributed by atoms with van der Waals surface area (Å²) in [4.78, 5) is 23.0. The molecular weight excluding hydrogens is 306 g/mol. The Bertz CT molecular complexity index is 727. The van der Waals surface area contributed by atoms with E-state index in [4.69, 9.17) is 9.84 Å². The number of nitrogens with one attached hydrogen (secondary N) is 1. The molecule has 0 radical (unpaired) electrons. The van der Waals surface area contributed by atoms with Crippen LogP contribution in [0.5, 0.6) is 5.75 Å². The van der Waals surface area contributed by atoms with Gasteiger partial charge in [0.2, 0.25) is 0 Å². The Balaban J connectivity index is 2.23. The summed E-state index contributed by atoms with van der Waals surface area (Å²) in [7, 11) is 0. The molecule has 1 amide bonds. The van der Waals surface area contributed by atoms with E-state index in [1.54, 1.807) is 25.1 Å². The Morgan fingerprint density at radius 1 is 1.17 bits per heavy atom. The van der Waals surface area contributed by atoms with E-state index in [0.717, 1.165) is 16.9 Å². The quantitative estimate of drug-likeness (QED) is 0.818. The summed E-state index contributed by atoms with van der Waals surface area (Å²) >= 11 is 0. The molecule has 0 saturated carbocycles. The molecule has 0 fully saturated rings. The van der Waals surface area contributed by atoms with Gasteiger partial charge in [0.25, 0.3) is 5.91 Å². The summed E-state index contributed by atoms with van der Waals surface area (Å²) in [5.74, 6) is -0.474.